The van der Waals surface area contributed by atoms with Crippen molar-refractivity contribution in [1.29, 1.82) is 5.26 Å². The van der Waals surface area contributed by atoms with Gasteiger partial charge < -0.3 is 9.73 Å². The largest absolute Gasteiger partial charge is 0.457 e. The first kappa shape index (κ1) is 17.3. The van der Waals surface area contributed by atoms with E-state index in [1.807, 2.05) is 0 Å². The molecule has 0 saturated carbocycles. The van der Waals surface area contributed by atoms with Crippen molar-refractivity contribution >= 4 is 28.6 Å². The SMILES string of the molecule is N#C/C(=C\c1cc2ccccc2o1)C(=O)Nc1ccccc1C(F)(F)F. The minimum Gasteiger partial charge on any atom is -0.457 e. The lowest BCUT2D eigenvalue weighted by atomic mass is 10.1. The maximum atomic E-state index is 13.0. The average molecular weight is 356 g/mol. The summed E-state index contributed by atoms with van der Waals surface area (Å²) in [5, 5.41) is 12.1. The molecule has 0 spiro atoms. The number of alkyl halides is 3. The Bertz CT molecular complexity index is 1010. The molecule has 1 aromatic heterocycles. The molecule has 26 heavy (non-hydrogen) atoms. The summed E-state index contributed by atoms with van der Waals surface area (Å²) in [5.41, 5.74) is -1.22. The molecular weight excluding hydrogens is 345 g/mol. The Balaban J connectivity index is 1.90. The summed E-state index contributed by atoms with van der Waals surface area (Å²) >= 11 is 0. The van der Waals surface area contributed by atoms with Crippen LogP contribution in [-0.4, -0.2) is 5.91 Å². The Morgan fingerprint density at radius 1 is 1.12 bits per heavy atom. The van der Waals surface area contributed by atoms with E-state index in [-0.39, 0.29) is 11.3 Å². The maximum absolute atomic E-state index is 13.0. The normalized spacial score (nSPS) is 12.0. The van der Waals surface area contributed by atoms with Crippen molar-refractivity contribution in [2.75, 3.05) is 5.32 Å². The third kappa shape index (κ3) is 3.59. The molecular formula is C19H11F3N2O2. The first-order chi connectivity index (χ1) is 12.4. The monoisotopic (exact) mass is 356 g/mol. The molecule has 1 amide bonds. The molecule has 1 N–H and O–H groups in total. The Labute approximate surface area is 146 Å². The van der Waals surface area contributed by atoms with Crippen LogP contribution in [-0.2, 0) is 11.0 Å². The van der Waals surface area contributed by atoms with Gasteiger partial charge in [-0.1, -0.05) is 30.3 Å². The van der Waals surface area contributed by atoms with E-state index in [9.17, 15) is 23.2 Å². The first-order valence-corrected chi connectivity index (χ1v) is 7.46. The highest BCUT2D eigenvalue weighted by atomic mass is 19.4. The molecule has 4 nitrogen and oxygen atoms in total. The number of hydrogen-bond acceptors (Lipinski definition) is 3. The van der Waals surface area contributed by atoms with Crippen LogP contribution in [0.2, 0.25) is 0 Å². The van der Waals surface area contributed by atoms with E-state index in [4.69, 9.17) is 4.42 Å². The van der Waals surface area contributed by atoms with Crippen molar-refractivity contribution in [3.05, 3.63) is 71.5 Å². The molecule has 3 rings (SSSR count). The van der Waals surface area contributed by atoms with Gasteiger partial charge in [0.15, 0.2) is 0 Å². The topological polar surface area (TPSA) is 66.0 Å². The standard InChI is InChI=1S/C19H11F3N2O2/c20-19(21,22)15-6-2-3-7-16(15)24-18(25)13(11-23)10-14-9-12-5-1-4-8-17(12)26-14/h1-10H,(H,24,25)/b13-10+. The van der Waals surface area contributed by atoms with E-state index < -0.39 is 23.3 Å². The molecule has 0 aliphatic rings. The van der Waals surface area contributed by atoms with Gasteiger partial charge in [0.1, 0.15) is 23.0 Å². The highest BCUT2D eigenvalue weighted by Crippen LogP contribution is 2.34. The number of fused-ring (bicyclic) bond motifs is 1. The summed E-state index contributed by atoms with van der Waals surface area (Å²) in [6.45, 7) is 0. The van der Waals surface area contributed by atoms with Crippen LogP contribution in [0, 0.1) is 11.3 Å². The number of rotatable bonds is 3. The van der Waals surface area contributed by atoms with Gasteiger partial charge >= 0.3 is 6.18 Å². The molecule has 7 heteroatoms. The van der Waals surface area contributed by atoms with Crippen LogP contribution in [0.1, 0.15) is 11.3 Å². The fourth-order valence-corrected chi connectivity index (χ4v) is 2.39. The number of nitrogens with one attached hydrogen (secondary N) is 1. The lowest BCUT2D eigenvalue weighted by Gasteiger charge is -2.13. The van der Waals surface area contributed by atoms with Gasteiger partial charge in [0.25, 0.3) is 5.91 Å². The van der Waals surface area contributed by atoms with Crippen LogP contribution >= 0.6 is 0 Å². The lowest BCUT2D eigenvalue weighted by Crippen LogP contribution is -2.17. The minimum absolute atomic E-state index is 0.252. The van der Waals surface area contributed by atoms with Crippen LogP contribution in [0.5, 0.6) is 0 Å². The Hall–Kier alpha value is -3.53. The van der Waals surface area contributed by atoms with E-state index in [1.165, 1.54) is 18.2 Å². The van der Waals surface area contributed by atoms with Gasteiger partial charge in [-0.3, -0.25) is 4.79 Å². The van der Waals surface area contributed by atoms with Crippen molar-refractivity contribution in [3.8, 4) is 6.07 Å². The van der Waals surface area contributed by atoms with Crippen molar-refractivity contribution in [2.45, 2.75) is 6.18 Å². The number of furan rings is 1. The maximum Gasteiger partial charge on any atom is 0.418 e. The zero-order valence-electron chi connectivity index (χ0n) is 13.2. The molecule has 1 heterocycles. The molecule has 3 aromatic rings. The van der Waals surface area contributed by atoms with Crippen molar-refractivity contribution in [2.24, 2.45) is 0 Å². The lowest BCUT2D eigenvalue weighted by molar-refractivity contribution is -0.137. The predicted octanol–water partition coefficient (Wildman–Crippen LogP) is 5.00. The third-order valence-corrected chi connectivity index (χ3v) is 3.58. The number of anilines is 1. The van der Waals surface area contributed by atoms with E-state index in [1.54, 1.807) is 36.4 Å². The van der Waals surface area contributed by atoms with Gasteiger partial charge in [-0.25, -0.2) is 0 Å². The number of carbonyl (C=O) groups is 1. The van der Waals surface area contributed by atoms with Crippen LogP contribution in [0.3, 0.4) is 0 Å². The van der Waals surface area contributed by atoms with E-state index in [2.05, 4.69) is 5.32 Å². The van der Waals surface area contributed by atoms with E-state index >= 15 is 0 Å². The molecule has 0 saturated heterocycles. The number of halogens is 3. The number of nitriles is 1. The number of para-hydroxylation sites is 2. The number of amides is 1. The van der Waals surface area contributed by atoms with E-state index in [0.29, 0.717) is 5.58 Å². The van der Waals surface area contributed by atoms with Crippen molar-refractivity contribution in [1.82, 2.24) is 0 Å². The van der Waals surface area contributed by atoms with Gasteiger partial charge in [-0.2, -0.15) is 18.4 Å². The molecule has 0 unspecified atom stereocenters. The average Bonchev–Trinajstić information content (AvgIpc) is 3.01. The second-order valence-corrected chi connectivity index (χ2v) is 5.35. The van der Waals surface area contributed by atoms with Gasteiger partial charge in [0.05, 0.1) is 11.3 Å². The quantitative estimate of drug-likeness (QED) is 0.531. The van der Waals surface area contributed by atoms with Gasteiger partial charge in [0, 0.05) is 11.5 Å². The van der Waals surface area contributed by atoms with Gasteiger partial charge in [-0.05, 0) is 24.3 Å². The number of nitrogens with zero attached hydrogens (tertiary/aromatic N) is 1. The fourth-order valence-electron chi connectivity index (χ4n) is 2.39. The smallest absolute Gasteiger partial charge is 0.418 e. The van der Waals surface area contributed by atoms with Gasteiger partial charge in [-0.15, -0.1) is 0 Å². The third-order valence-electron chi connectivity index (χ3n) is 3.58. The van der Waals surface area contributed by atoms with Crippen LogP contribution in [0.15, 0.2) is 64.6 Å². The molecule has 130 valence electrons. The summed E-state index contributed by atoms with van der Waals surface area (Å²) in [4.78, 5) is 12.2. The van der Waals surface area contributed by atoms with Crippen LogP contribution in [0.4, 0.5) is 18.9 Å². The second-order valence-electron chi connectivity index (χ2n) is 5.35. The zero-order chi connectivity index (χ0) is 18.7. The summed E-state index contributed by atoms with van der Waals surface area (Å²) in [7, 11) is 0. The van der Waals surface area contributed by atoms with Crippen molar-refractivity contribution in [3.63, 3.8) is 0 Å². The molecule has 0 aliphatic heterocycles. The Morgan fingerprint density at radius 3 is 2.50 bits per heavy atom. The Kier molecular flexibility index (Phi) is 4.50. The highest BCUT2D eigenvalue weighted by Gasteiger charge is 2.33. The predicted molar refractivity (Wildman–Crippen MR) is 89.9 cm³/mol. The molecule has 0 fully saturated rings. The molecule has 0 bridgehead atoms. The first-order valence-electron chi connectivity index (χ1n) is 7.46. The van der Waals surface area contributed by atoms with Crippen LogP contribution < -0.4 is 5.32 Å². The summed E-state index contributed by atoms with van der Waals surface area (Å²) in [5.74, 6) is -0.702. The molecule has 0 radical (unpaired) electrons. The van der Waals surface area contributed by atoms with Gasteiger partial charge in [0.2, 0.25) is 0 Å². The Morgan fingerprint density at radius 2 is 1.81 bits per heavy atom. The number of benzene rings is 2. The summed E-state index contributed by atoms with van der Waals surface area (Å²) in [6.07, 6.45) is -3.44. The summed E-state index contributed by atoms with van der Waals surface area (Å²) in [6, 6.07) is 14.9. The number of hydrogen-bond donors (Lipinski definition) is 1. The summed E-state index contributed by atoms with van der Waals surface area (Å²) < 4.78 is 44.5. The molecule has 0 aliphatic carbocycles. The second kappa shape index (κ2) is 6.76. The minimum atomic E-state index is -4.63. The van der Waals surface area contributed by atoms with Crippen LogP contribution in [0.25, 0.3) is 17.0 Å². The van der Waals surface area contributed by atoms with Crippen molar-refractivity contribution < 1.29 is 22.4 Å². The molecule has 0 atom stereocenters. The molecule has 2 aromatic carbocycles. The highest BCUT2D eigenvalue weighted by molar-refractivity contribution is 6.10. The van der Waals surface area contributed by atoms with E-state index in [0.717, 1.165) is 17.5 Å². The zero-order valence-corrected chi connectivity index (χ0v) is 13.2. The number of carbonyl (C=O) groups excluding carboxylic acids is 1. The fraction of sp³-hybridized carbons (Fsp3) is 0.0526.